The van der Waals surface area contributed by atoms with E-state index in [0.717, 1.165) is 25.1 Å². The number of amides is 1. The van der Waals surface area contributed by atoms with Gasteiger partial charge in [-0.3, -0.25) is 9.69 Å². The molecule has 2 aliphatic rings. The second-order valence-electron chi connectivity index (χ2n) is 9.25. The molecule has 0 aliphatic carbocycles. The molecule has 2 aromatic carbocycles. The van der Waals surface area contributed by atoms with Crippen molar-refractivity contribution in [3.8, 4) is 0 Å². The van der Waals surface area contributed by atoms with Gasteiger partial charge in [0.05, 0.1) is 18.1 Å². The van der Waals surface area contributed by atoms with Gasteiger partial charge in [0.25, 0.3) is 0 Å². The number of hydrogen-bond acceptors (Lipinski definition) is 5. The summed E-state index contributed by atoms with van der Waals surface area (Å²) < 4.78 is 32.8. The number of sulfonamides is 1. The molecule has 1 amide bonds. The van der Waals surface area contributed by atoms with Gasteiger partial charge < -0.3 is 10.1 Å². The molecule has 2 aliphatic heterocycles. The Hall–Kier alpha value is -2.26. The summed E-state index contributed by atoms with van der Waals surface area (Å²) in [4.78, 5) is 16.0. The van der Waals surface area contributed by atoms with Crippen LogP contribution in [0.15, 0.2) is 59.5 Å². The summed E-state index contributed by atoms with van der Waals surface area (Å²) >= 11 is 0. The van der Waals surface area contributed by atoms with E-state index < -0.39 is 16.1 Å². The molecule has 178 valence electrons. The van der Waals surface area contributed by atoms with Gasteiger partial charge in [-0.15, -0.1) is 0 Å². The fourth-order valence-electron chi connectivity index (χ4n) is 4.97. The lowest BCUT2D eigenvalue weighted by atomic mass is 9.89. The molecule has 2 fully saturated rings. The van der Waals surface area contributed by atoms with Crippen molar-refractivity contribution < 1.29 is 17.9 Å². The van der Waals surface area contributed by atoms with Gasteiger partial charge in [0, 0.05) is 31.9 Å². The first-order chi connectivity index (χ1) is 15.8. The largest absolute Gasteiger partial charge is 0.379 e. The number of hydrogen-bond donors (Lipinski definition) is 1. The third-order valence-electron chi connectivity index (χ3n) is 6.34. The zero-order chi connectivity index (χ0) is 23.4. The van der Waals surface area contributed by atoms with Crippen LogP contribution in [-0.4, -0.2) is 62.9 Å². The second-order valence-corrected chi connectivity index (χ2v) is 11.2. The van der Waals surface area contributed by atoms with Crippen LogP contribution >= 0.6 is 0 Å². The van der Waals surface area contributed by atoms with Crippen molar-refractivity contribution >= 4 is 21.6 Å². The van der Waals surface area contributed by atoms with Crippen LogP contribution in [0.1, 0.15) is 31.9 Å². The minimum Gasteiger partial charge on any atom is -0.379 e. The molecule has 0 bridgehead atoms. The highest BCUT2D eigenvalue weighted by Gasteiger charge is 2.33. The molecule has 0 unspecified atom stereocenters. The van der Waals surface area contributed by atoms with Gasteiger partial charge >= 0.3 is 0 Å². The van der Waals surface area contributed by atoms with Crippen molar-refractivity contribution in [2.45, 2.75) is 31.2 Å². The smallest absolute Gasteiger partial charge is 0.246 e. The summed E-state index contributed by atoms with van der Waals surface area (Å²) in [5, 5.41) is 2.99. The van der Waals surface area contributed by atoms with Crippen LogP contribution in [0.5, 0.6) is 0 Å². The van der Waals surface area contributed by atoms with E-state index >= 15 is 0 Å². The first-order valence-electron chi connectivity index (χ1n) is 11.6. The number of nitrogens with one attached hydrogen (secondary N) is 1. The van der Waals surface area contributed by atoms with Gasteiger partial charge in [-0.2, -0.15) is 4.31 Å². The van der Waals surface area contributed by atoms with Crippen LogP contribution in [-0.2, 0) is 19.6 Å². The van der Waals surface area contributed by atoms with Crippen LogP contribution in [0.3, 0.4) is 0 Å². The van der Waals surface area contributed by atoms with E-state index in [1.807, 2.05) is 30.3 Å². The van der Waals surface area contributed by atoms with E-state index in [0.29, 0.717) is 43.8 Å². The molecule has 0 radical (unpaired) electrons. The Kier molecular flexibility index (Phi) is 7.48. The van der Waals surface area contributed by atoms with E-state index in [1.165, 1.54) is 4.31 Å². The number of likely N-dealkylation sites (tertiary alicyclic amines) is 1. The maximum atomic E-state index is 13.6. The quantitative estimate of drug-likeness (QED) is 0.699. The van der Waals surface area contributed by atoms with E-state index in [2.05, 4.69) is 24.1 Å². The first kappa shape index (κ1) is 23.9. The summed E-state index contributed by atoms with van der Waals surface area (Å²) in [6.07, 6.45) is 1.15. The number of carbonyl (C=O) groups is 1. The number of carbonyl (C=O) groups excluding carboxylic acids is 1. The normalized spacial score (nSPS) is 23.7. The van der Waals surface area contributed by atoms with Crippen molar-refractivity contribution in [2.24, 2.45) is 11.8 Å². The molecule has 7 nitrogen and oxygen atoms in total. The maximum absolute atomic E-state index is 13.6. The lowest BCUT2D eigenvalue weighted by Gasteiger charge is -2.39. The molecule has 0 spiro atoms. The van der Waals surface area contributed by atoms with Gasteiger partial charge in [0.15, 0.2) is 0 Å². The van der Waals surface area contributed by atoms with Crippen LogP contribution in [0.2, 0.25) is 0 Å². The van der Waals surface area contributed by atoms with Gasteiger partial charge in [0.2, 0.25) is 15.9 Å². The Morgan fingerprint density at radius 3 is 2.33 bits per heavy atom. The Labute approximate surface area is 196 Å². The molecule has 2 aromatic rings. The van der Waals surface area contributed by atoms with Gasteiger partial charge in [-0.25, -0.2) is 8.42 Å². The highest BCUT2D eigenvalue weighted by atomic mass is 32.2. The molecular formula is C25H33N3O4S. The van der Waals surface area contributed by atoms with Gasteiger partial charge in [0.1, 0.15) is 6.04 Å². The molecular weight excluding hydrogens is 438 g/mol. The number of rotatable bonds is 6. The first-order valence-corrected chi connectivity index (χ1v) is 13.1. The molecule has 0 aromatic heterocycles. The number of benzene rings is 2. The average molecular weight is 472 g/mol. The number of morpholine rings is 1. The number of ether oxygens (including phenoxy) is 1. The van der Waals surface area contributed by atoms with Crippen LogP contribution in [0, 0.1) is 11.8 Å². The zero-order valence-electron chi connectivity index (χ0n) is 19.3. The van der Waals surface area contributed by atoms with Crippen LogP contribution < -0.4 is 5.32 Å². The SMILES string of the molecule is C[C@@H]1C[C@H](C)CN([C@H](C(=O)Nc2cccc(S(=O)(=O)N3CCOCC3)c2)c2ccccc2)C1. The predicted octanol–water partition coefficient (Wildman–Crippen LogP) is 3.37. The highest BCUT2D eigenvalue weighted by molar-refractivity contribution is 7.89. The summed E-state index contributed by atoms with van der Waals surface area (Å²) in [7, 11) is -3.64. The summed E-state index contributed by atoms with van der Waals surface area (Å²) in [5.41, 5.74) is 1.42. The molecule has 3 atom stereocenters. The molecule has 2 heterocycles. The second kappa shape index (κ2) is 10.3. The van der Waals surface area contributed by atoms with E-state index in [9.17, 15) is 13.2 Å². The number of anilines is 1. The summed E-state index contributed by atoms with van der Waals surface area (Å²) in [6, 6.07) is 15.9. The lowest BCUT2D eigenvalue weighted by Crippen LogP contribution is -2.45. The monoisotopic (exact) mass is 471 g/mol. The topological polar surface area (TPSA) is 79.0 Å². The van der Waals surface area contributed by atoms with E-state index in [1.54, 1.807) is 24.3 Å². The van der Waals surface area contributed by atoms with Crippen LogP contribution in [0.4, 0.5) is 5.69 Å². The average Bonchev–Trinajstić information content (AvgIpc) is 2.80. The molecule has 1 N–H and O–H groups in total. The molecule has 8 heteroatoms. The Morgan fingerprint density at radius 1 is 1.00 bits per heavy atom. The van der Waals surface area contributed by atoms with Crippen molar-refractivity contribution in [1.29, 1.82) is 0 Å². The van der Waals surface area contributed by atoms with Crippen molar-refractivity contribution in [2.75, 3.05) is 44.7 Å². The third-order valence-corrected chi connectivity index (χ3v) is 8.23. The minimum atomic E-state index is -3.64. The van der Waals surface area contributed by atoms with E-state index in [4.69, 9.17) is 4.74 Å². The summed E-state index contributed by atoms with van der Waals surface area (Å²) in [6.45, 7) is 7.60. The van der Waals surface area contributed by atoms with Crippen molar-refractivity contribution in [3.05, 3.63) is 60.2 Å². The van der Waals surface area contributed by atoms with Gasteiger partial charge in [-0.05, 0) is 42.0 Å². The highest BCUT2D eigenvalue weighted by Crippen LogP contribution is 2.31. The standard InChI is InChI=1S/C25H33N3O4S/c1-19-15-20(2)18-27(17-19)24(21-7-4-3-5-8-21)25(29)26-22-9-6-10-23(16-22)33(30,31)28-11-13-32-14-12-28/h3-10,16,19-20,24H,11-15,17-18H2,1-2H3,(H,26,29)/t19-,20+,24-/m0/s1. The molecule has 4 rings (SSSR count). The third kappa shape index (κ3) is 5.63. The summed E-state index contributed by atoms with van der Waals surface area (Å²) in [5.74, 6) is 0.868. The number of piperidine rings is 1. The van der Waals surface area contributed by atoms with E-state index in [-0.39, 0.29) is 10.8 Å². The zero-order valence-corrected chi connectivity index (χ0v) is 20.1. The Bertz CT molecular complexity index is 1040. The Balaban J connectivity index is 1.58. The minimum absolute atomic E-state index is 0.150. The lowest BCUT2D eigenvalue weighted by molar-refractivity contribution is -0.122. The molecule has 2 saturated heterocycles. The fraction of sp³-hybridized carbons (Fsp3) is 0.480. The maximum Gasteiger partial charge on any atom is 0.246 e. The van der Waals surface area contributed by atoms with Crippen molar-refractivity contribution in [1.82, 2.24) is 9.21 Å². The van der Waals surface area contributed by atoms with Crippen molar-refractivity contribution in [3.63, 3.8) is 0 Å². The molecule has 33 heavy (non-hydrogen) atoms. The predicted molar refractivity (Wildman–Crippen MR) is 128 cm³/mol. The molecule has 0 saturated carbocycles. The number of nitrogens with zero attached hydrogens (tertiary/aromatic N) is 2. The van der Waals surface area contributed by atoms with Gasteiger partial charge in [-0.1, -0.05) is 50.2 Å². The Morgan fingerprint density at radius 2 is 1.67 bits per heavy atom. The fourth-order valence-corrected chi connectivity index (χ4v) is 6.42. The van der Waals surface area contributed by atoms with Crippen LogP contribution in [0.25, 0.3) is 0 Å².